The van der Waals surface area contributed by atoms with Crippen molar-refractivity contribution >= 4 is 15.9 Å². The molecule has 0 aromatic heterocycles. The molecule has 0 radical (unpaired) electrons. The van der Waals surface area contributed by atoms with Crippen molar-refractivity contribution in [3.05, 3.63) is 35.4 Å². The van der Waals surface area contributed by atoms with Crippen LogP contribution in [0.25, 0.3) is 0 Å². The molecule has 0 nitrogen and oxygen atoms in total. The van der Waals surface area contributed by atoms with Crippen LogP contribution in [0.3, 0.4) is 0 Å². The molecule has 0 aliphatic heterocycles. The highest BCUT2D eigenvalue weighted by atomic mass is 79.9. The zero-order chi connectivity index (χ0) is 8.39. The minimum Gasteiger partial charge on any atom is -0.0928 e. The molecular weight excluding hydrogens is 212 g/mol. The molecule has 0 saturated heterocycles. The SMILES string of the molecule is BrCCC1Cc2ccccc2C1. The second-order valence-electron chi connectivity index (χ2n) is 3.52. The molecule has 1 aliphatic carbocycles. The van der Waals surface area contributed by atoms with Gasteiger partial charge in [-0.15, -0.1) is 0 Å². The summed E-state index contributed by atoms with van der Waals surface area (Å²) in [5.41, 5.74) is 3.15. The zero-order valence-electron chi connectivity index (χ0n) is 7.09. The van der Waals surface area contributed by atoms with Crippen molar-refractivity contribution in [3.63, 3.8) is 0 Å². The van der Waals surface area contributed by atoms with Crippen molar-refractivity contribution in [3.8, 4) is 0 Å². The van der Waals surface area contributed by atoms with Crippen molar-refractivity contribution in [1.82, 2.24) is 0 Å². The normalized spacial score (nSPS) is 16.4. The summed E-state index contributed by atoms with van der Waals surface area (Å²) in [7, 11) is 0. The molecule has 0 saturated carbocycles. The molecule has 0 spiro atoms. The molecule has 0 unspecified atom stereocenters. The van der Waals surface area contributed by atoms with Crippen molar-refractivity contribution in [2.45, 2.75) is 19.3 Å². The monoisotopic (exact) mass is 224 g/mol. The maximum atomic E-state index is 3.50. The summed E-state index contributed by atoms with van der Waals surface area (Å²) in [4.78, 5) is 0. The molecule has 0 fully saturated rings. The fourth-order valence-corrected chi connectivity index (χ4v) is 2.66. The van der Waals surface area contributed by atoms with Crippen LogP contribution in [0.1, 0.15) is 17.5 Å². The second-order valence-corrected chi connectivity index (χ2v) is 4.31. The molecule has 0 amide bonds. The molecule has 0 N–H and O–H groups in total. The van der Waals surface area contributed by atoms with Crippen LogP contribution >= 0.6 is 15.9 Å². The van der Waals surface area contributed by atoms with Crippen molar-refractivity contribution < 1.29 is 0 Å². The first kappa shape index (κ1) is 8.31. The number of halogens is 1. The molecular formula is C11H13Br. The van der Waals surface area contributed by atoms with Gasteiger partial charge in [0.1, 0.15) is 0 Å². The average Bonchev–Trinajstić information content (AvgIpc) is 2.47. The smallest absolute Gasteiger partial charge is 0.00341 e. The first-order valence-electron chi connectivity index (χ1n) is 4.53. The Morgan fingerprint density at radius 2 is 1.75 bits per heavy atom. The summed E-state index contributed by atoms with van der Waals surface area (Å²) in [6, 6.07) is 8.83. The van der Waals surface area contributed by atoms with Gasteiger partial charge in [-0.05, 0) is 36.3 Å². The van der Waals surface area contributed by atoms with Crippen molar-refractivity contribution in [2.75, 3.05) is 5.33 Å². The van der Waals surface area contributed by atoms with Gasteiger partial charge >= 0.3 is 0 Å². The highest BCUT2D eigenvalue weighted by Gasteiger charge is 2.19. The van der Waals surface area contributed by atoms with Crippen LogP contribution in [-0.2, 0) is 12.8 Å². The molecule has 0 heterocycles. The van der Waals surface area contributed by atoms with E-state index < -0.39 is 0 Å². The van der Waals surface area contributed by atoms with Crippen LogP contribution in [0.5, 0.6) is 0 Å². The number of alkyl halides is 1. The van der Waals surface area contributed by atoms with E-state index in [0.29, 0.717) is 0 Å². The Balaban J connectivity index is 2.11. The van der Waals surface area contributed by atoms with Gasteiger partial charge in [0.25, 0.3) is 0 Å². The Morgan fingerprint density at radius 1 is 1.17 bits per heavy atom. The van der Waals surface area contributed by atoms with Crippen molar-refractivity contribution in [1.29, 1.82) is 0 Å². The van der Waals surface area contributed by atoms with E-state index in [-0.39, 0.29) is 0 Å². The van der Waals surface area contributed by atoms with Gasteiger partial charge in [0, 0.05) is 5.33 Å². The summed E-state index contributed by atoms with van der Waals surface area (Å²) >= 11 is 3.50. The first-order valence-corrected chi connectivity index (χ1v) is 5.65. The van der Waals surface area contributed by atoms with Crippen LogP contribution in [0, 0.1) is 5.92 Å². The van der Waals surface area contributed by atoms with E-state index in [2.05, 4.69) is 40.2 Å². The van der Waals surface area contributed by atoms with Crippen LogP contribution in [0.4, 0.5) is 0 Å². The molecule has 12 heavy (non-hydrogen) atoms. The van der Waals surface area contributed by atoms with Gasteiger partial charge in [-0.3, -0.25) is 0 Å². The Labute approximate surface area is 82.1 Å². The standard InChI is InChI=1S/C11H13Br/c12-6-5-9-7-10-3-1-2-4-11(10)8-9/h1-4,9H,5-8H2. The van der Waals surface area contributed by atoms with E-state index in [9.17, 15) is 0 Å². The van der Waals surface area contributed by atoms with Gasteiger partial charge in [-0.2, -0.15) is 0 Å². The topological polar surface area (TPSA) is 0 Å². The Morgan fingerprint density at radius 3 is 2.25 bits per heavy atom. The van der Waals surface area contributed by atoms with E-state index >= 15 is 0 Å². The maximum absolute atomic E-state index is 3.50. The summed E-state index contributed by atoms with van der Waals surface area (Å²) in [6.45, 7) is 0. The third-order valence-corrected chi connectivity index (χ3v) is 3.11. The summed E-state index contributed by atoms with van der Waals surface area (Å²) in [6.07, 6.45) is 3.90. The van der Waals surface area contributed by atoms with Gasteiger partial charge in [0.2, 0.25) is 0 Å². The van der Waals surface area contributed by atoms with Gasteiger partial charge in [-0.25, -0.2) is 0 Å². The third kappa shape index (κ3) is 1.56. The summed E-state index contributed by atoms with van der Waals surface area (Å²) in [5, 5.41) is 1.14. The lowest BCUT2D eigenvalue weighted by Crippen LogP contribution is -1.99. The van der Waals surface area contributed by atoms with Gasteiger partial charge in [0.15, 0.2) is 0 Å². The average molecular weight is 225 g/mol. The quantitative estimate of drug-likeness (QED) is 0.678. The van der Waals surface area contributed by atoms with E-state index in [4.69, 9.17) is 0 Å². The Hall–Kier alpha value is -0.300. The maximum Gasteiger partial charge on any atom is 0.00341 e. The number of hydrogen-bond acceptors (Lipinski definition) is 0. The fraction of sp³-hybridized carbons (Fsp3) is 0.455. The minimum atomic E-state index is 0.891. The number of benzene rings is 1. The van der Waals surface area contributed by atoms with Gasteiger partial charge < -0.3 is 0 Å². The van der Waals surface area contributed by atoms with Crippen LogP contribution in [0.2, 0.25) is 0 Å². The molecule has 1 aromatic carbocycles. The van der Waals surface area contributed by atoms with E-state index in [1.165, 1.54) is 19.3 Å². The van der Waals surface area contributed by atoms with Crippen LogP contribution in [-0.4, -0.2) is 5.33 Å². The second kappa shape index (κ2) is 3.61. The van der Waals surface area contributed by atoms with Gasteiger partial charge in [0.05, 0.1) is 0 Å². The zero-order valence-corrected chi connectivity index (χ0v) is 8.68. The molecule has 2 rings (SSSR count). The van der Waals surface area contributed by atoms with E-state index in [0.717, 1.165) is 11.2 Å². The molecule has 1 aliphatic rings. The lowest BCUT2D eigenvalue weighted by molar-refractivity contribution is 0.549. The Kier molecular flexibility index (Phi) is 2.50. The number of fused-ring (bicyclic) bond motifs is 1. The van der Waals surface area contributed by atoms with Gasteiger partial charge in [-0.1, -0.05) is 40.2 Å². The number of rotatable bonds is 2. The predicted octanol–water partition coefficient (Wildman–Crippen LogP) is 3.19. The summed E-state index contributed by atoms with van der Waals surface area (Å²) < 4.78 is 0. The minimum absolute atomic E-state index is 0.891. The van der Waals surface area contributed by atoms with Crippen LogP contribution < -0.4 is 0 Å². The number of hydrogen-bond donors (Lipinski definition) is 0. The van der Waals surface area contributed by atoms with E-state index in [1.54, 1.807) is 11.1 Å². The predicted molar refractivity (Wildman–Crippen MR) is 55.8 cm³/mol. The third-order valence-electron chi connectivity index (χ3n) is 2.65. The van der Waals surface area contributed by atoms with Crippen LogP contribution in [0.15, 0.2) is 24.3 Å². The fourth-order valence-electron chi connectivity index (χ4n) is 2.01. The molecule has 0 atom stereocenters. The molecule has 64 valence electrons. The summed E-state index contributed by atoms with van der Waals surface area (Å²) in [5.74, 6) is 0.891. The first-order chi connectivity index (χ1) is 5.90. The lowest BCUT2D eigenvalue weighted by atomic mass is 10.0. The lowest BCUT2D eigenvalue weighted by Gasteiger charge is -2.03. The Bertz CT molecular complexity index is 242. The molecule has 0 bridgehead atoms. The van der Waals surface area contributed by atoms with Crippen molar-refractivity contribution in [2.24, 2.45) is 5.92 Å². The highest BCUT2D eigenvalue weighted by Crippen LogP contribution is 2.28. The molecule has 1 aromatic rings. The van der Waals surface area contributed by atoms with E-state index in [1.807, 2.05) is 0 Å². The highest BCUT2D eigenvalue weighted by molar-refractivity contribution is 9.09. The molecule has 1 heteroatoms. The largest absolute Gasteiger partial charge is 0.0928 e.